The van der Waals surface area contributed by atoms with Crippen molar-refractivity contribution in [3.8, 4) is 0 Å². The summed E-state index contributed by atoms with van der Waals surface area (Å²) >= 11 is 3.48. The Hall–Kier alpha value is -1.62. The largest absolute Gasteiger partial charge is 0.482 e. The van der Waals surface area contributed by atoms with Gasteiger partial charge in [-0.2, -0.15) is 0 Å². The molecule has 4 nitrogen and oxygen atoms in total. The van der Waals surface area contributed by atoms with Gasteiger partial charge in [0.2, 0.25) is 6.10 Å². The highest BCUT2D eigenvalue weighted by Crippen LogP contribution is 2.42. The Labute approximate surface area is 132 Å². The minimum Gasteiger partial charge on any atom is -0.482 e. The van der Waals surface area contributed by atoms with Crippen molar-refractivity contribution in [2.75, 3.05) is 6.61 Å². The van der Waals surface area contributed by atoms with E-state index < -0.39 is 18.0 Å². The second-order valence-electron chi connectivity index (χ2n) is 4.82. The Bertz CT molecular complexity index is 606. The average molecular weight is 353 g/mol. The minimum absolute atomic E-state index is 0.0972. The molecule has 0 saturated heterocycles. The lowest BCUT2D eigenvalue weighted by Gasteiger charge is -2.20. The average Bonchev–Trinajstić information content (AvgIpc) is 2.77. The third-order valence-electron chi connectivity index (χ3n) is 3.44. The first-order chi connectivity index (χ1) is 9.97. The maximum atomic E-state index is 12.2. The molecule has 0 bridgehead atoms. The lowest BCUT2D eigenvalue weighted by Crippen LogP contribution is -2.30. The van der Waals surface area contributed by atoms with E-state index in [1.165, 1.54) is 6.92 Å². The normalized spacial score (nSPS) is 21.1. The number of esters is 1. The Morgan fingerprint density at radius 3 is 2.57 bits per heavy atom. The van der Waals surface area contributed by atoms with Gasteiger partial charge in [-0.05, 0) is 32.4 Å². The monoisotopic (exact) mass is 352 g/mol. The molecule has 1 aliphatic heterocycles. The van der Waals surface area contributed by atoms with Gasteiger partial charge in [-0.3, -0.25) is 4.79 Å². The summed E-state index contributed by atoms with van der Waals surface area (Å²) in [5.74, 6) is -0.507. The summed E-state index contributed by atoms with van der Waals surface area (Å²) in [5, 5.41) is 0. The van der Waals surface area contributed by atoms with Crippen LogP contribution in [0.15, 0.2) is 40.1 Å². The van der Waals surface area contributed by atoms with Gasteiger partial charge >= 0.3 is 5.97 Å². The highest BCUT2D eigenvalue weighted by molar-refractivity contribution is 9.10. The lowest BCUT2D eigenvalue weighted by atomic mass is 9.85. The van der Waals surface area contributed by atoms with Crippen LogP contribution in [0.4, 0.5) is 0 Å². The molecule has 1 heterocycles. The third kappa shape index (κ3) is 3.02. The lowest BCUT2D eigenvalue weighted by molar-refractivity contribution is -0.153. The van der Waals surface area contributed by atoms with Gasteiger partial charge < -0.3 is 9.47 Å². The summed E-state index contributed by atoms with van der Waals surface area (Å²) in [5.41, 5.74) is 1.37. The highest BCUT2D eigenvalue weighted by atomic mass is 79.9. The van der Waals surface area contributed by atoms with Crippen LogP contribution in [-0.2, 0) is 19.1 Å². The van der Waals surface area contributed by atoms with Crippen molar-refractivity contribution in [3.63, 3.8) is 0 Å². The molecule has 21 heavy (non-hydrogen) atoms. The first-order valence-electron chi connectivity index (χ1n) is 6.76. The molecule has 0 aromatic heterocycles. The summed E-state index contributed by atoms with van der Waals surface area (Å²) in [4.78, 5) is 24.1. The van der Waals surface area contributed by atoms with Crippen molar-refractivity contribution in [2.45, 2.75) is 32.8 Å². The molecule has 0 radical (unpaired) electrons. The second-order valence-corrected chi connectivity index (χ2v) is 5.67. The van der Waals surface area contributed by atoms with Crippen LogP contribution in [0.5, 0.6) is 0 Å². The second kappa shape index (κ2) is 6.43. The molecule has 0 N–H and O–H groups in total. The van der Waals surface area contributed by atoms with Crippen molar-refractivity contribution >= 4 is 27.7 Å². The number of carbonyl (C=O) groups is 2. The number of halogens is 1. The van der Waals surface area contributed by atoms with Crippen LogP contribution >= 0.6 is 15.9 Å². The van der Waals surface area contributed by atoms with Gasteiger partial charge in [-0.15, -0.1) is 0 Å². The standard InChI is InChI=1S/C16H17BrO4/c1-4-20-16(19)15-14(11-7-5-6-8-12(11)17)13(9(2)18)10(3)21-15/h5-8,14-15H,4H2,1-3H3/t14-,15-/m0/s1. The Kier molecular flexibility index (Phi) is 4.83. The zero-order valence-electron chi connectivity index (χ0n) is 12.2. The Morgan fingerprint density at radius 2 is 2.00 bits per heavy atom. The zero-order valence-corrected chi connectivity index (χ0v) is 13.8. The quantitative estimate of drug-likeness (QED) is 0.779. The van der Waals surface area contributed by atoms with Gasteiger partial charge in [0, 0.05) is 10.0 Å². The molecule has 0 amide bonds. The fourth-order valence-corrected chi connectivity index (χ4v) is 3.15. The predicted octanol–water partition coefficient (Wildman–Crippen LogP) is 3.36. The molecule has 0 spiro atoms. The number of hydrogen-bond acceptors (Lipinski definition) is 4. The van der Waals surface area contributed by atoms with Gasteiger partial charge in [-0.1, -0.05) is 34.1 Å². The maximum absolute atomic E-state index is 12.2. The number of allylic oxidation sites excluding steroid dienone is 1. The Morgan fingerprint density at radius 1 is 1.33 bits per heavy atom. The van der Waals surface area contributed by atoms with Crippen molar-refractivity contribution in [3.05, 3.63) is 45.6 Å². The van der Waals surface area contributed by atoms with E-state index in [-0.39, 0.29) is 12.4 Å². The molecule has 0 unspecified atom stereocenters. The van der Waals surface area contributed by atoms with Crippen molar-refractivity contribution in [2.24, 2.45) is 0 Å². The first-order valence-corrected chi connectivity index (χ1v) is 7.56. The number of benzene rings is 1. The van der Waals surface area contributed by atoms with Crippen LogP contribution in [0.25, 0.3) is 0 Å². The smallest absolute Gasteiger partial charge is 0.348 e. The molecule has 1 aromatic rings. The van der Waals surface area contributed by atoms with Crippen molar-refractivity contribution < 1.29 is 19.1 Å². The predicted molar refractivity (Wildman–Crippen MR) is 81.8 cm³/mol. The molecule has 0 aliphatic carbocycles. The van der Waals surface area contributed by atoms with Crippen LogP contribution in [0.2, 0.25) is 0 Å². The van der Waals surface area contributed by atoms with Crippen molar-refractivity contribution in [1.82, 2.24) is 0 Å². The number of Topliss-reactive ketones (excluding diaryl/α,β-unsaturated/α-hetero) is 1. The third-order valence-corrected chi connectivity index (χ3v) is 4.16. The maximum Gasteiger partial charge on any atom is 0.348 e. The van der Waals surface area contributed by atoms with E-state index in [0.717, 1.165) is 10.0 Å². The number of ketones is 1. The summed E-state index contributed by atoms with van der Waals surface area (Å²) in [6.07, 6.45) is -0.817. The SMILES string of the molecule is CCOC(=O)[C@H]1OC(C)=C(C(C)=O)[C@@H]1c1ccccc1Br. The van der Waals surface area contributed by atoms with Gasteiger partial charge in [-0.25, -0.2) is 4.79 Å². The van der Waals surface area contributed by atoms with E-state index in [0.29, 0.717) is 11.3 Å². The summed E-state index contributed by atoms with van der Waals surface area (Å²) in [7, 11) is 0. The molecule has 2 rings (SSSR count). The van der Waals surface area contributed by atoms with E-state index in [1.807, 2.05) is 24.3 Å². The molecular formula is C16H17BrO4. The van der Waals surface area contributed by atoms with E-state index in [9.17, 15) is 9.59 Å². The summed E-state index contributed by atoms with van der Waals surface area (Å²) < 4.78 is 11.5. The molecular weight excluding hydrogens is 336 g/mol. The van der Waals surface area contributed by atoms with Crippen LogP contribution in [-0.4, -0.2) is 24.5 Å². The number of hydrogen-bond donors (Lipinski definition) is 0. The number of carbonyl (C=O) groups excluding carboxylic acids is 2. The van der Waals surface area contributed by atoms with E-state index >= 15 is 0 Å². The van der Waals surface area contributed by atoms with Crippen LogP contribution < -0.4 is 0 Å². The molecule has 0 saturated carbocycles. The zero-order chi connectivity index (χ0) is 15.6. The van der Waals surface area contributed by atoms with E-state index in [1.54, 1.807) is 13.8 Å². The van der Waals surface area contributed by atoms with E-state index in [4.69, 9.17) is 9.47 Å². The number of rotatable bonds is 4. The van der Waals surface area contributed by atoms with Crippen LogP contribution in [0.1, 0.15) is 32.3 Å². The van der Waals surface area contributed by atoms with Gasteiger partial charge in [0.15, 0.2) is 5.78 Å². The molecule has 2 atom stereocenters. The fraction of sp³-hybridized carbons (Fsp3) is 0.375. The molecule has 1 aliphatic rings. The first kappa shape index (κ1) is 15.8. The topological polar surface area (TPSA) is 52.6 Å². The molecule has 112 valence electrons. The fourth-order valence-electron chi connectivity index (χ4n) is 2.61. The summed E-state index contributed by atoms with van der Waals surface area (Å²) in [6.45, 7) is 5.21. The Balaban J connectivity index is 2.50. The van der Waals surface area contributed by atoms with E-state index in [2.05, 4.69) is 15.9 Å². The summed E-state index contributed by atoms with van der Waals surface area (Å²) in [6, 6.07) is 7.51. The molecule has 0 fully saturated rings. The molecule has 1 aromatic carbocycles. The van der Waals surface area contributed by atoms with Gasteiger partial charge in [0.25, 0.3) is 0 Å². The van der Waals surface area contributed by atoms with Gasteiger partial charge in [0.1, 0.15) is 5.76 Å². The van der Waals surface area contributed by atoms with Crippen LogP contribution in [0.3, 0.4) is 0 Å². The number of ether oxygens (including phenoxy) is 2. The van der Waals surface area contributed by atoms with Crippen molar-refractivity contribution in [1.29, 1.82) is 0 Å². The van der Waals surface area contributed by atoms with Crippen LogP contribution in [0, 0.1) is 0 Å². The van der Waals surface area contributed by atoms with Gasteiger partial charge in [0.05, 0.1) is 12.5 Å². The minimum atomic E-state index is -0.817. The highest BCUT2D eigenvalue weighted by Gasteiger charge is 2.44. The molecule has 5 heteroatoms.